The van der Waals surface area contributed by atoms with Crippen LogP contribution in [0.4, 0.5) is 0 Å². The largest absolute Gasteiger partial charge is 0.472 e. The second-order valence-electron chi connectivity index (χ2n) is 6.16. The van der Waals surface area contributed by atoms with Gasteiger partial charge < -0.3 is 9.47 Å². The lowest BCUT2D eigenvalue weighted by Crippen LogP contribution is -2.24. The molecule has 0 N–H and O–H groups in total. The molecule has 7 heteroatoms. The number of hydrogen-bond donors (Lipinski definition) is 0. The molecule has 0 saturated carbocycles. The Morgan fingerprint density at radius 1 is 1.36 bits per heavy atom. The summed E-state index contributed by atoms with van der Waals surface area (Å²) in [6.45, 7) is 5.96. The third-order valence-corrected chi connectivity index (χ3v) is 4.04. The Labute approximate surface area is 142 Å². The van der Waals surface area contributed by atoms with E-state index in [1.807, 2.05) is 32.9 Å². The van der Waals surface area contributed by atoms with Gasteiger partial charge in [0.05, 0.1) is 15.0 Å². The summed E-state index contributed by atoms with van der Waals surface area (Å²) >= 11 is 2.18. The molecule has 2 rings (SSSR count). The zero-order chi connectivity index (χ0) is 16.5. The van der Waals surface area contributed by atoms with Crippen molar-refractivity contribution in [3.63, 3.8) is 0 Å². The second kappa shape index (κ2) is 6.02. The molecule has 120 valence electrons. The normalized spacial score (nSPS) is 36.9. The number of carbonyl (C=O) groups excluding carboxylic acids is 1. The number of alkyl halides is 1. The summed E-state index contributed by atoms with van der Waals surface area (Å²) in [4.78, 5) is 22.6. The molecule has 0 aromatic heterocycles. The van der Waals surface area contributed by atoms with Crippen molar-refractivity contribution in [2.45, 2.75) is 36.7 Å². The predicted molar refractivity (Wildman–Crippen MR) is 89.0 cm³/mol. The van der Waals surface area contributed by atoms with E-state index >= 15 is 0 Å². The van der Waals surface area contributed by atoms with Crippen molar-refractivity contribution >= 4 is 28.6 Å². The molecule has 2 atom stereocenters. The van der Waals surface area contributed by atoms with Crippen LogP contribution in [0.25, 0.3) is 0 Å². The van der Waals surface area contributed by atoms with E-state index in [0.29, 0.717) is 6.42 Å². The molecule has 0 amide bonds. The van der Waals surface area contributed by atoms with E-state index in [2.05, 4.69) is 22.6 Å². The highest BCUT2D eigenvalue weighted by Crippen LogP contribution is 2.35. The maximum Gasteiger partial charge on any atom is 0.347 e. The van der Waals surface area contributed by atoms with Crippen LogP contribution < -0.4 is 0 Å². The van der Waals surface area contributed by atoms with Crippen molar-refractivity contribution in [2.24, 2.45) is 5.41 Å². The summed E-state index contributed by atoms with van der Waals surface area (Å²) in [7, 11) is 0. The van der Waals surface area contributed by atoms with Gasteiger partial charge in [-0.2, -0.15) is 0 Å². The molecule has 0 radical (unpaired) electrons. The number of esters is 1. The molecule has 6 nitrogen and oxygen atoms in total. The summed E-state index contributed by atoms with van der Waals surface area (Å²) in [5.41, 5.74) is -0.620. The Hall–Kier alpha value is -1.38. The average molecular weight is 419 g/mol. The van der Waals surface area contributed by atoms with Gasteiger partial charge in [-0.3, -0.25) is 10.1 Å². The number of nitrogens with zero attached hydrogens (tertiary/aromatic N) is 1. The quantitative estimate of drug-likeness (QED) is 0.175. The first-order valence-corrected chi connectivity index (χ1v) is 8.01. The van der Waals surface area contributed by atoms with Crippen LogP contribution in [0.1, 0.15) is 27.2 Å². The van der Waals surface area contributed by atoms with E-state index in [1.54, 1.807) is 12.2 Å². The minimum Gasteiger partial charge on any atom is -0.472 e. The molecule has 1 aliphatic heterocycles. The smallest absolute Gasteiger partial charge is 0.347 e. The maximum atomic E-state index is 11.6. The van der Waals surface area contributed by atoms with Crippen LogP contribution in [-0.2, 0) is 14.3 Å². The lowest BCUT2D eigenvalue weighted by molar-refractivity contribution is -0.425. The van der Waals surface area contributed by atoms with Gasteiger partial charge in [-0.15, -0.1) is 0 Å². The number of hydrogen-bond acceptors (Lipinski definition) is 5. The van der Waals surface area contributed by atoms with Crippen molar-refractivity contribution in [3.05, 3.63) is 45.9 Å². The van der Waals surface area contributed by atoms with E-state index in [0.717, 1.165) is 0 Å². The zero-order valence-electron chi connectivity index (χ0n) is 12.7. The van der Waals surface area contributed by atoms with Crippen molar-refractivity contribution in [1.82, 2.24) is 0 Å². The van der Waals surface area contributed by atoms with Crippen LogP contribution in [0.15, 0.2) is 35.8 Å². The van der Waals surface area contributed by atoms with Gasteiger partial charge in [0.15, 0.2) is 11.9 Å². The zero-order valence-corrected chi connectivity index (χ0v) is 14.8. The Morgan fingerprint density at radius 2 is 2.05 bits per heavy atom. The van der Waals surface area contributed by atoms with Gasteiger partial charge in [0.1, 0.15) is 0 Å². The van der Waals surface area contributed by atoms with Gasteiger partial charge in [0.2, 0.25) is 0 Å². The second-order valence-corrected chi connectivity index (χ2v) is 8.49. The van der Waals surface area contributed by atoms with Crippen molar-refractivity contribution < 1.29 is 19.2 Å². The van der Waals surface area contributed by atoms with E-state index in [1.165, 1.54) is 0 Å². The summed E-state index contributed by atoms with van der Waals surface area (Å²) in [5.74, 6) is -0.362. The minimum absolute atomic E-state index is 0.114. The highest BCUT2D eigenvalue weighted by Gasteiger charge is 2.35. The first kappa shape index (κ1) is 17.0. The van der Waals surface area contributed by atoms with Crippen LogP contribution in [0.5, 0.6) is 0 Å². The number of ether oxygens (including phenoxy) is 2. The molecular formula is C15H18INO5. The fourth-order valence-corrected chi connectivity index (χ4v) is 2.67. The minimum atomic E-state index is -0.784. The van der Waals surface area contributed by atoms with Gasteiger partial charge in [-0.05, 0) is 13.0 Å². The molecule has 1 heterocycles. The van der Waals surface area contributed by atoms with Gasteiger partial charge in [-0.1, -0.05) is 48.6 Å². The lowest BCUT2D eigenvalue weighted by Gasteiger charge is -2.24. The van der Waals surface area contributed by atoms with Gasteiger partial charge >= 0.3 is 11.7 Å². The molecule has 22 heavy (non-hydrogen) atoms. The van der Waals surface area contributed by atoms with Crippen molar-refractivity contribution in [2.75, 3.05) is 6.61 Å². The van der Waals surface area contributed by atoms with E-state index in [4.69, 9.17) is 9.47 Å². The van der Waals surface area contributed by atoms with Crippen LogP contribution in [-0.4, -0.2) is 27.0 Å². The van der Waals surface area contributed by atoms with Crippen LogP contribution in [0.2, 0.25) is 0 Å². The topological polar surface area (TPSA) is 78.7 Å². The van der Waals surface area contributed by atoms with Crippen molar-refractivity contribution in [1.29, 1.82) is 0 Å². The van der Waals surface area contributed by atoms with Crippen LogP contribution in [0, 0.1) is 15.5 Å². The lowest BCUT2D eigenvalue weighted by atomic mass is 9.88. The van der Waals surface area contributed by atoms with E-state index in [9.17, 15) is 14.9 Å². The van der Waals surface area contributed by atoms with Gasteiger partial charge in [0.25, 0.3) is 0 Å². The molecule has 0 bridgehead atoms. The molecule has 0 aromatic rings. The molecule has 2 unspecified atom stereocenters. The van der Waals surface area contributed by atoms with E-state index in [-0.39, 0.29) is 18.1 Å². The third-order valence-electron chi connectivity index (χ3n) is 3.37. The summed E-state index contributed by atoms with van der Waals surface area (Å²) < 4.78 is 10.0. The molecule has 2 aliphatic rings. The Morgan fingerprint density at radius 3 is 2.59 bits per heavy atom. The Kier molecular flexibility index (Phi) is 4.65. The summed E-state index contributed by atoms with van der Waals surface area (Å²) in [6.07, 6.45) is 6.73. The Bertz CT molecular complexity index is 589. The van der Waals surface area contributed by atoms with Gasteiger partial charge in [0, 0.05) is 17.9 Å². The maximum absolute atomic E-state index is 11.6. The molecule has 1 fully saturated rings. The standard InChI is InChI=1S/C15H18INO5/c1-14(2)5-6-15(3,16)9-12(10(8-14)17(19)20)22-11-4-7-21-13(11)18/h5-6,8-9,11H,4,7H2,1-3H3/b6-5-,10-8+,12-9+. The number of cyclic esters (lactones) is 1. The highest BCUT2D eigenvalue weighted by atomic mass is 127. The fraction of sp³-hybridized carbons (Fsp3) is 0.533. The SMILES string of the molecule is CC1(C)/C=C\C(C)(I)/C=C(OC2CCOC2=O)\C([N+](=O)[O-])=C/1. The number of carbonyl (C=O) groups is 1. The molecule has 0 spiro atoms. The highest BCUT2D eigenvalue weighted by molar-refractivity contribution is 14.1. The number of nitro groups is 1. The number of rotatable bonds is 3. The Balaban J connectivity index is 2.46. The first-order valence-electron chi connectivity index (χ1n) is 6.93. The first-order chi connectivity index (χ1) is 10.1. The molecular weight excluding hydrogens is 401 g/mol. The van der Waals surface area contributed by atoms with E-state index < -0.39 is 25.8 Å². The van der Waals surface area contributed by atoms with Crippen molar-refractivity contribution in [3.8, 4) is 0 Å². The summed E-state index contributed by atoms with van der Waals surface area (Å²) in [6, 6.07) is 0. The molecule has 1 aliphatic carbocycles. The third kappa shape index (κ3) is 4.08. The van der Waals surface area contributed by atoms with Crippen LogP contribution in [0.3, 0.4) is 0 Å². The fourth-order valence-electron chi connectivity index (χ4n) is 2.20. The van der Waals surface area contributed by atoms with Crippen LogP contribution >= 0.6 is 22.6 Å². The number of halogens is 1. The van der Waals surface area contributed by atoms with Gasteiger partial charge in [-0.25, -0.2) is 4.79 Å². The predicted octanol–water partition coefficient (Wildman–Crippen LogP) is 3.15. The average Bonchev–Trinajstić information content (AvgIpc) is 2.78. The monoisotopic (exact) mass is 419 g/mol. The molecule has 0 aromatic carbocycles. The number of allylic oxidation sites excluding steroid dienone is 4. The summed E-state index contributed by atoms with van der Waals surface area (Å²) in [5, 5.41) is 11.5. The molecule has 1 saturated heterocycles.